The number of aliphatic hydroxyl groups is 1. The van der Waals surface area contributed by atoms with Crippen molar-refractivity contribution >= 4 is 16.5 Å². The molecule has 0 saturated heterocycles. The Labute approximate surface area is 168 Å². The first-order valence-corrected chi connectivity index (χ1v) is 10.1. The van der Waals surface area contributed by atoms with E-state index in [1.54, 1.807) is 0 Å². The number of alkyl halides is 6. The van der Waals surface area contributed by atoms with Crippen LogP contribution in [0.15, 0.2) is 15.5 Å². The maximum absolute atomic E-state index is 13.5. The van der Waals surface area contributed by atoms with Crippen molar-refractivity contribution < 1.29 is 40.1 Å². The Morgan fingerprint density at radius 1 is 1.10 bits per heavy atom. The minimum atomic E-state index is -5.14. The number of nitrogen functional groups attached to an aromatic ring is 1. The summed E-state index contributed by atoms with van der Waals surface area (Å²) in [5, 5.41) is 16.0. The Morgan fingerprint density at radius 3 is 2.40 bits per heavy atom. The molecule has 30 heavy (non-hydrogen) atoms. The summed E-state index contributed by atoms with van der Waals surface area (Å²) in [6.45, 7) is 0. The second-order valence-electron chi connectivity index (χ2n) is 6.76. The maximum atomic E-state index is 13.5. The Hall–Kier alpha value is -2.22. The summed E-state index contributed by atoms with van der Waals surface area (Å²) in [6, 6.07) is 0.473. The van der Waals surface area contributed by atoms with Gasteiger partial charge in [-0.25, -0.2) is 4.98 Å². The van der Waals surface area contributed by atoms with Crippen LogP contribution in [0.3, 0.4) is 0 Å². The summed E-state index contributed by atoms with van der Waals surface area (Å²) in [5.74, 6) is -2.09. The molecule has 3 N–H and O–H groups in total. The van der Waals surface area contributed by atoms with Crippen molar-refractivity contribution in [2.45, 2.75) is 55.1 Å². The Kier molecular flexibility index (Phi) is 5.84. The highest BCUT2D eigenvalue weighted by Gasteiger charge is 2.58. The molecule has 3 heterocycles. The summed E-state index contributed by atoms with van der Waals surface area (Å²) in [7, 11) is -2.15. The first-order chi connectivity index (χ1) is 13.8. The lowest BCUT2D eigenvalue weighted by Crippen LogP contribution is -2.42. The van der Waals surface area contributed by atoms with Gasteiger partial charge in [-0.2, -0.15) is 26.3 Å². The van der Waals surface area contributed by atoms with Crippen LogP contribution in [-0.4, -0.2) is 36.4 Å². The lowest BCUT2D eigenvalue weighted by atomic mass is 9.95. The molecule has 4 bridgehead atoms. The molecule has 166 valence electrons. The molecular formula is C16H16F6N4O3S. The fourth-order valence-electron chi connectivity index (χ4n) is 2.98. The number of nitrogens with two attached hydrogens (primary N) is 1. The van der Waals surface area contributed by atoms with E-state index in [0.717, 1.165) is 0 Å². The molecule has 2 aromatic heterocycles. The van der Waals surface area contributed by atoms with Crippen LogP contribution in [0.5, 0.6) is 0 Å². The van der Waals surface area contributed by atoms with Gasteiger partial charge < -0.3 is 15.3 Å². The molecule has 2 aromatic rings. The number of anilines is 1. The normalized spacial score (nSPS) is 23.8. The van der Waals surface area contributed by atoms with Crippen LogP contribution < -0.4 is 5.73 Å². The van der Waals surface area contributed by atoms with Crippen molar-refractivity contribution in [1.82, 2.24) is 15.2 Å². The number of aromatic nitrogens is 3. The molecule has 7 nitrogen and oxygen atoms in total. The summed E-state index contributed by atoms with van der Waals surface area (Å²) in [5.41, 5.74) is -0.321. The highest BCUT2D eigenvalue weighted by atomic mass is 32.2. The van der Waals surface area contributed by atoms with Crippen molar-refractivity contribution in [2.75, 3.05) is 11.5 Å². The van der Waals surface area contributed by atoms with Crippen molar-refractivity contribution in [3.05, 3.63) is 17.5 Å². The van der Waals surface area contributed by atoms with E-state index in [1.165, 1.54) is 0 Å². The number of hydrogen-bond acceptors (Lipinski definition) is 7. The lowest BCUT2D eigenvalue weighted by molar-refractivity contribution is -0.277. The minimum Gasteiger partial charge on any atom is -0.416 e. The number of rotatable bonds is 0. The van der Waals surface area contributed by atoms with Gasteiger partial charge in [0.15, 0.2) is 5.69 Å². The lowest BCUT2D eigenvalue weighted by Gasteiger charge is -2.26. The maximum Gasteiger partial charge on any atom is 0.426 e. The van der Waals surface area contributed by atoms with Crippen LogP contribution in [0, 0.1) is 0 Å². The fraction of sp³-hybridized carbons (Fsp3) is 0.562. The van der Waals surface area contributed by atoms with E-state index >= 15 is 0 Å². The molecule has 0 fully saturated rings. The van der Waals surface area contributed by atoms with E-state index in [2.05, 4.69) is 15.2 Å². The summed E-state index contributed by atoms with van der Waals surface area (Å²) >= 11 is 0. The molecule has 1 unspecified atom stereocenters. The Morgan fingerprint density at radius 2 is 1.77 bits per heavy atom. The van der Waals surface area contributed by atoms with Crippen molar-refractivity contribution in [1.29, 1.82) is 0 Å². The second-order valence-corrected chi connectivity index (χ2v) is 8.25. The first-order valence-electron chi connectivity index (χ1n) is 8.74. The van der Waals surface area contributed by atoms with E-state index < -0.39 is 68.9 Å². The van der Waals surface area contributed by atoms with Gasteiger partial charge in [-0.15, -0.1) is 10.2 Å². The molecular weight excluding hydrogens is 442 g/mol. The molecule has 14 heteroatoms. The zero-order chi connectivity index (χ0) is 22.3. The molecule has 3 rings (SSSR count). The summed E-state index contributed by atoms with van der Waals surface area (Å²) < 4.78 is 98.1. The number of fused-ring (bicyclic) bond motifs is 5. The number of nitrogens with zero attached hydrogens (tertiary/aromatic N) is 3. The van der Waals surface area contributed by atoms with E-state index in [4.69, 9.17) is 10.2 Å². The van der Waals surface area contributed by atoms with E-state index in [9.17, 15) is 35.7 Å². The van der Waals surface area contributed by atoms with Crippen LogP contribution in [-0.2, 0) is 22.6 Å². The van der Waals surface area contributed by atoms with Gasteiger partial charge in [0.25, 0.3) is 11.8 Å². The minimum absolute atomic E-state index is 0.0835. The van der Waals surface area contributed by atoms with Gasteiger partial charge in [0.2, 0.25) is 5.60 Å². The molecule has 0 amide bonds. The summed E-state index contributed by atoms with van der Waals surface area (Å²) in [4.78, 5) is 3.66. The first kappa shape index (κ1) is 22.5. The standard InChI is InChI=1S/C16H16F6N4O3S/c17-15(18,19)8-7-9(23)10-11-25-26-13(29-11)14(27,16(20,21)22)5-3-1-2-4-6-30(28)12(8)24-10/h7,27H,1-6,23H2/t14-,30?/m1/s1. The van der Waals surface area contributed by atoms with Gasteiger partial charge in [0.05, 0.1) is 22.1 Å². The number of halogens is 6. The van der Waals surface area contributed by atoms with Crippen LogP contribution in [0.1, 0.15) is 43.6 Å². The highest BCUT2D eigenvalue weighted by Crippen LogP contribution is 2.43. The van der Waals surface area contributed by atoms with Gasteiger partial charge in [0.1, 0.15) is 5.03 Å². The SMILES string of the molecule is Nc1cc(C(F)(F)F)c2nc1-c1nnc(o1)[C@@](O)(C(F)(F)F)CCCCCCS2=O. The summed E-state index contributed by atoms with van der Waals surface area (Å²) in [6.07, 6.45) is -10.2. The molecule has 2 atom stereocenters. The zero-order valence-electron chi connectivity index (χ0n) is 15.2. The Bertz CT molecular complexity index is 961. The van der Waals surface area contributed by atoms with Crippen LogP contribution >= 0.6 is 0 Å². The van der Waals surface area contributed by atoms with Crippen molar-refractivity contribution in [3.63, 3.8) is 0 Å². The van der Waals surface area contributed by atoms with Gasteiger partial charge in [-0.1, -0.05) is 12.8 Å². The van der Waals surface area contributed by atoms with Crippen molar-refractivity contribution in [3.8, 4) is 11.6 Å². The van der Waals surface area contributed by atoms with Crippen LogP contribution in [0.2, 0.25) is 0 Å². The number of hydrogen-bond donors (Lipinski definition) is 2. The molecule has 0 spiro atoms. The third-order valence-electron chi connectivity index (χ3n) is 4.61. The van der Waals surface area contributed by atoms with Gasteiger partial charge in [0, 0.05) is 5.75 Å². The van der Waals surface area contributed by atoms with E-state index in [1.807, 2.05) is 0 Å². The zero-order valence-corrected chi connectivity index (χ0v) is 16.0. The van der Waals surface area contributed by atoms with E-state index in [0.29, 0.717) is 6.07 Å². The highest BCUT2D eigenvalue weighted by molar-refractivity contribution is 7.85. The average Bonchev–Trinajstić information content (AvgIpc) is 3.11. The second kappa shape index (κ2) is 7.80. The molecule has 0 aliphatic carbocycles. The van der Waals surface area contributed by atoms with Crippen LogP contribution in [0.4, 0.5) is 32.0 Å². The van der Waals surface area contributed by atoms with E-state index in [-0.39, 0.29) is 31.4 Å². The molecule has 0 radical (unpaired) electrons. The third-order valence-corrected chi connectivity index (χ3v) is 6.01. The number of pyridine rings is 1. The smallest absolute Gasteiger partial charge is 0.416 e. The fourth-order valence-corrected chi connectivity index (χ4v) is 4.25. The Balaban J connectivity index is 2.20. The molecule has 0 saturated carbocycles. The topological polar surface area (TPSA) is 115 Å². The van der Waals surface area contributed by atoms with Crippen molar-refractivity contribution in [2.24, 2.45) is 0 Å². The quantitative estimate of drug-likeness (QED) is 0.580. The van der Waals surface area contributed by atoms with Gasteiger partial charge in [-0.05, 0) is 25.3 Å². The molecule has 0 aromatic carbocycles. The monoisotopic (exact) mass is 458 g/mol. The van der Waals surface area contributed by atoms with Crippen LogP contribution in [0.25, 0.3) is 11.6 Å². The van der Waals surface area contributed by atoms with Gasteiger partial charge in [-0.3, -0.25) is 4.21 Å². The molecule has 1 aliphatic rings. The largest absolute Gasteiger partial charge is 0.426 e. The average molecular weight is 458 g/mol. The third kappa shape index (κ3) is 4.15. The predicted octanol–water partition coefficient (Wildman–Crippen LogP) is 3.55. The van der Waals surface area contributed by atoms with Gasteiger partial charge >= 0.3 is 12.4 Å². The molecule has 1 aliphatic heterocycles. The predicted molar refractivity (Wildman–Crippen MR) is 91.3 cm³/mol.